The maximum absolute atomic E-state index is 10.3. The van der Waals surface area contributed by atoms with Crippen molar-refractivity contribution >= 4 is 32.5 Å². The van der Waals surface area contributed by atoms with Gasteiger partial charge in [-0.05, 0) is 48.2 Å². The number of hydrogen-bond acceptors (Lipinski definition) is 5. The fourth-order valence-corrected chi connectivity index (χ4v) is 4.91. The number of aromatic nitrogens is 3. The van der Waals surface area contributed by atoms with Crippen molar-refractivity contribution in [3.05, 3.63) is 71.7 Å². The van der Waals surface area contributed by atoms with Crippen molar-refractivity contribution in [3.63, 3.8) is 0 Å². The molecule has 32 heavy (non-hydrogen) atoms. The summed E-state index contributed by atoms with van der Waals surface area (Å²) in [6, 6.07) is 18.3. The van der Waals surface area contributed by atoms with Crippen molar-refractivity contribution < 1.29 is 9.84 Å². The van der Waals surface area contributed by atoms with Crippen LogP contribution in [0.15, 0.2) is 66.2 Å². The monoisotopic (exact) mass is 446 g/mol. The molecule has 164 valence electrons. The number of nitrogens with one attached hydrogen (secondary N) is 2. The molecule has 0 aliphatic carbocycles. The molecule has 6 nitrogen and oxygen atoms in total. The van der Waals surface area contributed by atoms with E-state index < -0.39 is 6.10 Å². The van der Waals surface area contributed by atoms with E-state index in [1.807, 2.05) is 42.1 Å². The smallest absolute Gasteiger partial charge is 0.120 e. The van der Waals surface area contributed by atoms with Gasteiger partial charge in [0, 0.05) is 36.3 Å². The van der Waals surface area contributed by atoms with Crippen molar-refractivity contribution in [3.8, 4) is 17.0 Å². The average Bonchev–Trinajstić information content (AvgIpc) is 3.53. The van der Waals surface area contributed by atoms with Crippen LogP contribution in [0, 0.1) is 0 Å². The molecule has 0 amide bonds. The summed E-state index contributed by atoms with van der Waals surface area (Å²) in [7, 11) is 1.96. The highest BCUT2D eigenvalue weighted by Crippen LogP contribution is 2.33. The molecule has 0 aliphatic heterocycles. The molecule has 0 bridgehead atoms. The highest BCUT2D eigenvalue weighted by molar-refractivity contribution is 7.17. The van der Waals surface area contributed by atoms with Gasteiger partial charge in [-0.15, -0.1) is 11.3 Å². The summed E-state index contributed by atoms with van der Waals surface area (Å²) in [5.74, 6) is 0.732. The summed E-state index contributed by atoms with van der Waals surface area (Å²) in [4.78, 5) is 3.30. The maximum atomic E-state index is 10.3. The van der Waals surface area contributed by atoms with E-state index in [0.717, 1.165) is 41.0 Å². The van der Waals surface area contributed by atoms with Crippen LogP contribution in [-0.2, 0) is 13.5 Å². The van der Waals surface area contributed by atoms with Crippen LogP contribution < -0.4 is 10.1 Å². The lowest BCUT2D eigenvalue weighted by molar-refractivity contribution is 0.106. The Morgan fingerprint density at radius 2 is 2.09 bits per heavy atom. The van der Waals surface area contributed by atoms with Gasteiger partial charge in [0.2, 0.25) is 0 Å². The molecule has 0 fully saturated rings. The molecular weight excluding hydrogens is 420 g/mol. The van der Waals surface area contributed by atoms with Crippen molar-refractivity contribution in [2.45, 2.75) is 12.5 Å². The third kappa shape index (κ3) is 4.27. The number of ether oxygens (including phenoxy) is 1. The summed E-state index contributed by atoms with van der Waals surface area (Å²) < 4.78 is 8.94. The first-order valence-corrected chi connectivity index (χ1v) is 11.6. The van der Waals surface area contributed by atoms with Gasteiger partial charge in [-0.2, -0.15) is 5.10 Å². The Morgan fingerprint density at radius 3 is 3.03 bits per heavy atom. The summed E-state index contributed by atoms with van der Waals surface area (Å²) in [6.07, 6.45) is 2.38. The molecule has 0 radical (unpaired) electrons. The van der Waals surface area contributed by atoms with E-state index >= 15 is 0 Å². The van der Waals surface area contributed by atoms with E-state index in [0.29, 0.717) is 6.54 Å². The van der Waals surface area contributed by atoms with Gasteiger partial charge in [0.15, 0.2) is 0 Å². The fourth-order valence-electron chi connectivity index (χ4n) is 3.99. The number of thiophene rings is 1. The number of aryl methyl sites for hydroxylation is 1. The molecular formula is C25H26N4O2S. The molecule has 3 N–H and O–H groups in total. The molecule has 0 aliphatic rings. The van der Waals surface area contributed by atoms with Gasteiger partial charge in [0.1, 0.15) is 24.2 Å². The number of benzene rings is 2. The fraction of sp³-hybridized carbons (Fsp3) is 0.240. The quantitative estimate of drug-likeness (QED) is 0.294. The second kappa shape index (κ2) is 9.16. The van der Waals surface area contributed by atoms with Gasteiger partial charge >= 0.3 is 0 Å². The molecule has 0 saturated heterocycles. The minimum atomic E-state index is -0.583. The molecule has 1 unspecified atom stereocenters. The third-order valence-electron chi connectivity index (χ3n) is 5.63. The molecule has 0 saturated carbocycles. The predicted octanol–water partition coefficient (Wildman–Crippen LogP) is 4.36. The first kappa shape index (κ1) is 20.8. The van der Waals surface area contributed by atoms with E-state index in [1.54, 1.807) is 11.3 Å². The number of aliphatic hydroxyl groups excluding tert-OH is 1. The van der Waals surface area contributed by atoms with E-state index in [9.17, 15) is 5.11 Å². The topological polar surface area (TPSA) is 75.1 Å². The summed E-state index contributed by atoms with van der Waals surface area (Å²) in [5, 5.41) is 21.7. The molecule has 7 heteroatoms. The van der Waals surface area contributed by atoms with Gasteiger partial charge in [0.05, 0.1) is 10.2 Å². The zero-order chi connectivity index (χ0) is 21.9. The Kier molecular flexibility index (Phi) is 5.94. The Bertz CT molecular complexity index is 1340. The van der Waals surface area contributed by atoms with Crippen molar-refractivity contribution in [2.75, 3.05) is 19.7 Å². The average molecular weight is 447 g/mol. The van der Waals surface area contributed by atoms with Crippen LogP contribution in [0.5, 0.6) is 5.75 Å². The van der Waals surface area contributed by atoms with Crippen LogP contribution in [0.25, 0.3) is 32.4 Å². The Hall–Kier alpha value is -3.13. The zero-order valence-electron chi connectivity index (χ0n) is 17.9. The molecule has 3 heterocycles. The number of nitrogens with zero attached hydrogens (tertiary/aromatic N) is 2. The van der Waals surface area contributed by atoms with Crippen molar-refractivity contribution in [2.24, 2.45) is 7.05 Å². The standard InChI is InChI=1S/C25H26N4O2S/c1-29-23-10-12-32-25(23)24(28-29)17-5-4-6-20(13-17)31-16-19(30)15-26-11-9-18-14-27-22-8-3-2-7-21(18)22/h2-8,10,12-14,19,26-27,30H,9,11,15-16H2,1H3. The Balaban J connectivity index is 1.12. The summed E-state index contributed by atoms with van der Waals surface area (Å²) >= 11 is 1.69. The number of fused-ring (bicyclic) bond motifs is 2. The van der Waals surface area contributed by atoms with Crippen LogP contribution in [0.2, 0.25) is 0 Å². The van der Waals surface area contributed by atoms with Crippen LogP contribution in [0.4, 0.5) is 0 Å². The van der Waals surface area contributed by atoms with Crippen LogP contribution in [0.1, 0.15) is 5.56 Å². The van der Waals surface area contributed by atoms with Gasteiger partial charge in [-0.3, -0.25) is 4.68 Å². The van der Waals surface area contributed by atoms with Gasteiger partial charge in [0.25, 0.3) is 0 Å². The lowest BCUT2D eigenvalue weighted by atomic mass is 10.1. The lowest BCUT2D eigenvalue weighted by Gasteiger charge is -2.13. The number of rotatable bonds is 9. The molecule has 5 rings (SSSR count). The van der Waals surface area contributed by atoms with Crippen LogP contribution >= 0.6 is 11.3 Å². The molecule has 5 aromatic rings. The van der Waals surface area contributed by atoms with Crippen LogP contribution in [0.3, 0.4) is 0 Å². The van der Waals surface area contributed by atoms with Crippen LogP contribution in [-0.4, -0.2) is 45.7 Å². The van der Waals surface area contributed by atoms with E-state index in [2.05, 4.69) is 51.2 Å². The Morgan fingerprint density at radius 1 is 1.19 bits per heavy atom. The molecule has 3 aromatic heterocycles. The highest BCUT2D eigenvalue weighted by Gasteiger charge is 2.13. The van der Waals surface area contributed by atoms with Gasteiger partial charge in [-0.25, -0.2) is 0 Å². The van der Waals surface area contributed by atoms with E-state index in [1.165, 1.54) is 15.6 Å². The second-order valence-electron chi connectivity index (χ2n) is 7.91. The molecule has 0 spiro atoms. The minimum absolute atomic E-state index is 0.236. The number of H-pyrrole nitrogens is 1. The summed E-state index contributed by atoms with van der Waals surface area (Å²) in [5.41, 5.74) is 5.54. The predicted molar refractivity (Wildman–Crippen MR) is 130 cm³/mol. The minimum Gasteiger partial charge on any atom is -0.491 e. The SMILES string of the molecule is Cn1nc(-c2cccc(OCC(O)CNCCc3c[nH]c4ccccc34)c2)c2sccc21. The number of para-hydroxylation sites is 1. The number of hydrogen-bond donors (Lipinski definition) is 3. The first-order chi connectivity index (χ1) is 15.7. The van der Waals surface area contributed by atoms with Gasteiger partial charge < -0.3 is 20.1 Å². The Labute approximate surface area is 190 Å². The largest absolute Gasteiger partial charge is 0.491 e. The number of aromatic amines is 1. The number of aliphatic hydroxyl groups is 1. The normalized spacial score (nSPS) is 12.6. The second-order valence-corrected chi connectivity index (χ2v) is 8.83. The van der Waals surface area contributed by atoms with Crippen molar-refractivity contribution in [1.29, 1.82) is 0 Å². The first-order valence-electron chi connectivity index (χ1n) is 10.8. The zero-order valence-corrected chi connectivity index (χ0v) is 18.7. The third-order valence-corrected chi connectivity index (χ3v) is 6.54. The molecule has 1 atom stereocenters. The van der Waals surface area contributed by atoms with Gasteiger partial charge in [-0.1, -0.05) is 30.3 Å². The van der Waals surface area contributed by atoms with Crippen molar-refractivity contribution in [1.82, 2.24) is 20.1 Å². The maximum Gasteiger partial charge on any atom is 0.120 e. The summed E-state index contributed by atoms with van der Waals surface area (Å²) in [6.45, 7) is 1.52. The highest BCUT2D eigenvalue weighted by atomic mass is 32.1. The van der Waals surface area contributed by atoms with E-state index in [4.69, 9.17) is 4.74 Å². The van der Waals surface area contributed by atoms with E-state index in [-0.39, 0.29) is 6.61 Å². The molecule has 2 aromatic carbocycles. The lowest BCUT2D eigenvalue weighted by Crippen LogP contribution is -2.32.